The Morgan fingerprint density at radius 3 is 2.53 bits per heavy atom. The normalized spacial score (nSPS) is 16.5. The molecule has 1 saturated carbocycles. The van der Waals surface area contributed by atoms with E-state index < -0.39 is 15.8 Å². The van der Waals surface area contributed by atoms with E-state index >= 15 is 0 Å². The number of sulfone groups is 1. The summed E-state index contributed by atoms with van der Waals surface area (Å²) in [6.07, 6.45) is 4.13. The van der Waals surface area contributed by atoms with Crippen LogP contribution in [0.5, 0.6) is 0 Å². The molecule has 1 aromatic rings. The van der Waals surface area contributed by atoms with E-state index in [1.54, 1.807) is 0 Å². The average molecular weight is 255 g/mol. The van der Waals surface area contributed by atoms with Crippen molar-refractivity contribution in [1.29, 1.82) is 0 Å². The highest BCUT2D eigenvalue weighted by Crippen LogP contribution is 2.29. The molecule has 1 heterocycles. The van der Waals surface area contributed by atoms with E-state index in [1.165, 1.54) is 12.1 Å². The van der Waals surface area contributed by atoms with Crippen molar-refractivity contribution in [3.8, 4) is 0 Å². The van der Waals surface area contributed by atoms with Gasteiger partial charge in [0, 0.05) is 6.20 Å². The number of aromatic carboxylic acids is 1. The maximum atomic E-state index is 11.9. The van der Waals surface area contributed by atoms with Gasteiger partial charge in [-0.3, -0.25) is 0 Å². The zero-order valence-corrected chi connectivity index (χ0v) is 9.98. The van der Waals surface area contributed by atoms with Crippen LogP contribution in [0.15, 0.2) is 23.2 Å². The standard InChI is InChI=1S/C11H13NO4S/c13-11(14)10-5-4-9(6-12-10)17(15,16)7-8-2-1-3-8/h4-6,8H,1-3,7H2,(H,13,14). The van der Waals surface area contributed by atoms with Crippen molar-refractivity contribution >= 4 is 15.8 Å². The fraction of sp³-hybridized carbons (Fsp3) is 0.455. The second-order valence-corrected chi connectivity index (χ2v) is 6.30. The lowest BCUT2D eigenvalue weighted by molar-refractivity contribution is 0.0690. The molecule has 0 amide bonds. The number of nitrogens with zero attached hydrogens (tertiary/aromatic N) is 1. The molecule has 2 rings (SSSR count). The molecule has 1 N–H and O–H groups in total. The van der Waals surface area contributed by atoms with E-state index in [0.29, 0.717) is 0 Å². The highest BCUT2D eigenvalue weighted by Gasteiger charge is 2.26. The van der Waals surface area contributed by atoms with Crippen molar-refractivity contribution < 1.29 is 18.3 Å². The Morgan fingerprint density at radius 1 is 1.41 bits per heavy atom. The van der Waals surface area contributed by atoms with Gasteiger partial charge in [0.2, 0.25) is 0 Å². The first-order valence-corrected chi connectivity index (χ1v) is 7.06. The van der Waals surface area contributed by atoms with Gasteiger partial charge in [-0.25, -0.2) is 18.2 Å². The highest BCUT2D eigenvalue weighted by molar-refractivity contribution is 7.91. The summed E-state index contributed by atoms with van der Waals surface area (Å²) in [5, 5.41) is 8.66. The fourth-order valence-corrected chi connectivity index (χ4v) is 3.39. The summed E-state index contributed by atoms with van der Waals surface area (Å²) < 4.78 is 23.9. The van der Waals surface area contributed by atoms with Crippen molar-refractivity contribution in [2.45, 2.75) is 24.2 Å². The summed E-state index contributed by atoms with van der Waals surface area (Å²) in [6.45, 7) is 0. The molecule has 0 unspecified atom stereocenters. The molecule has 6 heteroatoms. The predicted molar refractivity (Wildman–Crippen MR) is 60.6 cm³/mol. The molecule has 0 aliphatic heterocycles. The molecule has 1 aliphatic carbocycles. The van der Waals surface area contributed by atoms with Gasteiger partial charge in [-0.15, -0.1) is 0 Å². The maximum Gasteiger partial charge on any atom is 0.354 e. The van der Waals surface area contributed by atoms with Crippen LogP contribution in [0.2, 0.25) is 0 Å². The van der Waals surface area contributed by atoms with Gasteiger partial charge in [-0.05, 0) is 30.9 Å². The summed E-state index contributed by atoms with van der Waals surface area (Å²) in [7, 11) is -3.32. The minimum atomic E-state index is -3.32. The van der Waals surface area contributed by atoms with Crippen LogP contribution < -0.4 is 0 Å². The van der Waals surface area contributed by atoms with Gasteiger partial charge in [-0.1, -0.05) is 6.42 Å². The summed E-state index contributed by atoms with van der Waals surface area (Å²) in [4.78, 5) is 14.3. The maximum absolute atomic E-state index is 11.9. The summed E-state index contributed by atoms with van der Waals surface area (Å²) in [5.74, 6) is -0.770. The molecule has 92 valence electrons. The fourth-order valence-electron chi connectivity index (χ4n) is 1.76. The predicted octanol–water partition coefficient (Wildman–Crippen LogP) is 1.35. The van der Waals surface area contributed by atoms with E-state index in [1.807, 2.05) is 0 Å². The number of carboxylic acid groups (broad SMARTS) is 1. The largest absolute Gasteiger partial charge is 0.477 e. The van der Waals surface area contributed by atoms with Crippen molar-refractivity contribution in [2.24, 2.45) is 5.92 Å². The van der Waals surface area contributed by atoms with Crippen molar-refractivity contribution in [3.05, 3.63) is 24.0 Å². The minimum Gasteiger partial charge on any atom is -0.477 e. The summed E-state index contributed by atoms with van der Waals surface area (Å²) >= 11 is 0. The molecule has 1 aromatic heterocycles. The lowest BCUT2D eigenvalue weighted by Crippen LogP contribution is -2.22. The van der Waals surface area contributed by atoms with Crippen LogP contribution in [0.25, 0.3) is 0 Å². The highest BCUT2D eigenvalue weighted by atomic mass is 32.2. The van der Waals surface area contributed by atoms with Crippen LogP contribution in [0, 0.1) is 5.92 Å². The first-order valence-electron chi connectivity index (χ1n) is 5.41. The van der Waals surface area contributed by atoms with Gasteiger partial charge < -0.3 is 5.11 Å². The van der Waals surface area contributed by atoms with Crippen LogP contribution in [0.1, 0.15) is 29.8 Å². The summed E-state index contributed by atoms with van der Waals surface area (Å²) in [5.41, 5.74) is -0.146. The third-order valence-electron chi connectivity index (χ3n) is 2.99. The topological polar surface area (TPSA) is 84.3 Å². The van der Waals surface area contributed by atoms with E-state index in [2.05, 4.69) is 4.98 Å². The molecule has 1 aliphatic rings. The molecule has 0 aromatic carbocycles. The third kappa shape index (κ3) is 2.63. The van der Waals surface area contributed by atoms with Crippen LogP contribution in [0.3, 0.4) is 0 Å². The smallest absolute Gasteiger partial charge is 0.354 e. The number of carboxylic acids is 1. The Kier molecular flexibility index (Phi) is 3.15. The van der Waals surface area contributed by atoms with Crippen molar-refractivity contribution in [2.75, 3.05) is 5.75 Å². The molecule has 0 radical (unpaired) electrons. The van der Waals surface area contributed by atoms with Gasteiger partial charge in [-0.2, -0.15) is 0 Å². The SMILES string of the molecule is O=C(O)c1ccc(S(=O)(=O)CC2CCC2)cn1. The number of hydrogen-bond donors (Lipinski definition) is 1. The Bertz CT molecular complexity index is 517. The van der Waals surface area contributed by atoms with Crippen LogP contribution in [-0.4, -0.2) is 30.2 Å². The van der Waals surface area contributed by atoms with Crippen molar-refractivity contribution in [3.63, 3.8) is 0 Å². The third-order valence-corrected chi connectivity index (χ3v) is 4.86. The first-order chi connectivity index (χ1) is 7.99. The lowest BCUT2D eigenvalue weighted by Gasteiger charge is -2.24. The van der Waals surface area contributed by atoms with Gasteiger partial charge in [0.1, 0.15) is 5.69 Å². The monoisotopic (exact) mass is 255 g/mol. The Morgan fingerprint density at radius 2 is 2.12 bits per heavy atom. The van der Waals surface area contributed by atoms with E-state index in [0.717, 1.165) is 25.5 Å². The first kappa shape index (κ1) is 12.0. The molecular formula is C11H13NO4S. The zero-order valence-electron chi connectivity index (χ0n) is 9.17. The van der Waals surface area contributed by atoms with Gasteiger partial charge in [0.05, 0.1) is 10.6 Å². The molecular weight excluding hydrogens is 242 g/mol. The molecule has 0 saturated heterocycles. The quantitative estimate of drug-likeness (QED) is 0.878. The van der Waals surface area contributed by atoms with Crippen molar-refractivity contribution in [1.82, 2.24) is 4.98 Å². The number of aromatic nitrogens is 1. The second-order valence-electron chi connectivity index (χ2n) is 4.26. The van der Waals surface area contributed by atoms with Crippen LogP contribution in [0.4, 0.5) is 0 Å². The number of hydrogen-bond acceptors (Lipinski definition) is 4. The van der Waals surface area contributed by atoms with Crippen LogP contribution >= 0.6 is 0 Å². The van der Waals surface area contributed by atoms with Gasteiger partial charge in [0.15, 0.2) is 9.84 Å². The number of rotatable bonds is 4. The van der Waals surface area contributed by atoms with Gasteiger partial charge >= 0.3 is 5.97 Å². The Balaban J connectivity index is 2.17. The second kappa shape index (κ2) is 4.44. The molecule has 5 nitrogen and oxygen atoms in total. The minimum absolute atomic E-state index is 0.106. The zero-order chi connectivity index (χ0) is 12.5. The number of pyridine rings is 1. The van der Waals surface area contributed by atoms with E-state index in [-0.39, 0.29) is 22.3 Å². The van der Waals surface area contributed by atoms with Gasteiger partial charge in [0.25, 0.3) is 0 Å². The molecule has 0 atom stereocenters. The molecule has 0 bridgehead atoms. The Labute approximate surface area is 99.4 Å². The summed E-state index contributed by atoms with van der Waals surface area (Å²) in [6, 6.07) is 2.53. The average Bonchev–Trinajstić information content (AvgIpc) is 2.24. The van der Waals surface area contributed by atoms with Crippen LogP contribution in [-0.2, 0) is 9.84 Å². The molecule has 0 spiro atoms. The molecule has 1 fully saturated rings. The van der Waals surface area contributed by atoms with E-state index in [9.17, 15) is 13.2 Å². The molecule has 17 heavy (non-hydrogen) atoms. The number of carbonyl (C=O) groups is 1. The van der Waals surface area contributed by atoms with E-state index in [4.69, 9.17) is 5.11 Å². The Hall–Kier alpha value is -1.43. The lowest BCUT2D eigenvalue weighted by atomic mass is 9.87.